The summed E-state index contributed by atoms with van der Waals surface area (Å²) in [6.45, 7) is 5.54. The molecular formula is C15H20N2O2. The van der Waals surface area contributed by atoms with Crippen molar-refractivity contribution in [3.05, 3.63) is 29.8 Å². The molecule has 1 aromatic carbocycles. The lowest BCUT2D eigenvalue weighted by Crippen LogP contribution is -2.47. The Balaban J connectivity index is 2.24. The highest BCUT2D eigenvalue weighted by molar-refractivity contribution is 6.40. The van der Waals surface area contributed by atoms with Gasteiger partial charge in [0.15, 0.2) is 0 Å². The Kier molecular flexibility index (Phi) is 4.20. The van der Waals surface area contributed by atoms with E-state index < -0.39 is 11.8 Å². The van der Waals surface area contributed by atoms with Crippen molar-refractivity contribution in [1.82, 2.24) is 4.90 Å². The number of aryl methyl sites for hydroxylation is 1. The molecule has 4 heteroatoms. The van der Waals surface area contributed by atoms with Crippen LogP contribution in [-0.2, 0) is 16.0 Å². The molecule has 1 aliphatic heterocycles. The molecule has 0 unspecified atom stereocenters. The van der Waals surface area contributed by atoms with Crippen LogP contribution in [0.1, 0.15) is 25.8 Å². The zero-order valence-corrected chi connectivity index (χ0v) is 11.6. The zero-order chi connectivity index (χ0) is 13.8. The second kappa shape index (κ2) is 5.87. The van der Waals surface area contributed by atoms with Gasteiger partial charge in [0.05, 0.1) is 0 Å². The fourth-order valence-corrected chi connectivity index (χ4v) is 2.51. The minimum absolute atomic E-state index is 0.401. The van der Waals surface area contributed by atoms with Gasteiger partial charge in [0, 0.05) is 25.3 Å². The number of carbonyl (C=O) groups excluding carboxylic acids is 2. The van der Waals surface area contributed by atoms with Crippen molar-refractivity contribution in [3.63, 3.8) is 0 Å². The SMILES string of the molecule is CCN(CC)C(=O)C(=O)N1CCCc2ccccc21. The molecule has 1 aliphatic rings. The van der Waals surface area contributed by atoms with Crippen LogP contribution in [0.2, 0.25) is 0 Å². The van der Waals surface area contributed by atoms with Crippen LogP contribution >= 0.6 is 0 Å². The molecule has 0 atom stereocenters. The van der Waals surface area contributed by atoms with Crippen molar-refractivity contribution in [3.8, 4) is 0 Å². The van der Waals surface area contributed by atoms with Crippen LogP contribution in [0.5, 0.6) is 0 Å². The second-order valence-corrected chi connectivity index (χ2v) is 4.67. The number of carbonyl (C=O) groups is 2. The summed E-state index contributed by atoms with van der Waals surface area (Å²) in [5, 5.41) is 0. The van der Waals surface area contributed by atoms with Crippen molar-refractivity contribution >= 4 is 17.5 Å². The number of likely N-dealkylation sites (N-methyl/N-ethyl adjacent to an activating group) is 1. The van der Waals surface area contributed by atoms with Gasteiger partial charge in [0.1, 0.15) is 0 Å². The smallest absolute Gasteiger partial charge is 0.316 e. The molecule has 0 radical (unpaired) electrons. The third-order valence-electron chi connectivity index (χ3n) is 3.59. The maximum atomic E-state index is 12.4. The van der Waals surface area contributed by atoms with Crippen LogP contribution in [0.4, 0.5) is 5.69 Å². The maximum Gasteiger partial charge on any atom is 0.316 e. The molecule has 0 fully saturated rings. The molecule has 102 valence electrons. The first kappa shape index (κ1) is 13.6. The Hall–Kier alpha value is -1.84. The van der Waals surface area contributed by atoms with Crippen LogP contribution in [0.15, 0.2) is 24.3 Å². The first-order valence-corrected chi connectivity index (χ1v) is 6.87. The fraction of sp³-hybridized carbons (Fsp3) is 0.467. The number of anilines is 1. The Bertz CT molecular complexity index is 481. The van der Waals surface area contributed by atoms with Crippen LogP contribution in [0, 0.1) is 0 Å². The Morgan fingerprint density at radius 1 is 1.21 bits per heavy atom. The Morgan fingerprint density at radius 2 is 1.89 bits per heavy atom. The molecule has 0 saturated heterocycles. The normalized spacial score (nSPS) is 13.9. The lowest BCUT2D eigenvalue weighted by molar-refractivity contribution is -0.144. The highest BCUT2D eigenvalue weighted by Crippen LogP contribution is 2.26. The van der Waals surface area contributed by atoms with Crippen LogP contribution in [0.25, 0.3) is 0 Å². The van der Waals surface area contributed by atoms with E-state index in [0.29, 0.717) is 19.6 Å². The third-order valence-corrected chi connectivity index (χ3v) is 3.59. The highest BCUT2D eigenvalue weighted by Gasteiger charge is 2.29. The molecule has 1 aromatic rings. The molecule has 0 N–H and O–H groups in total. The first-order valence-electron chi connectivity index (χ1n) is 6.87. The van der Waals surface area contributed by atoms with Gasteiger partial charge in [-0.15, -0.1) is 0 Å². The standard InChI is InChI=1S/C15H20N2O2/c1-3-16(4-2)14(18)15(19)17-11-7-9-12-8-5-6-10-13(12)17/h5-6,8,10H,3-4,7,9,11H2,1-2H3. The van der Waals surface area contributed by atoms with E-state index in [-0.39, 0.29) is 0 Å². The van der Waals surface area contributed by atoms with Gasteiger partial charge >= 0.3 is 11.8 Å². The molecule has 4 nitrogen and oxygen atoms in total. The second-order valence-electron chi connectivity index (χ2n) is 4.67. The third kappa shape index (κ3) is 2.62. The number of fused-ring (bicyclic) bond motifs is 1. The number of para-hydroxylation sites is 1. The van der Waals surface area contributed by atoms with E-state index in [0.717, 1.165) is 24.1 Å². The van der Waals surface area contributed by atoms with E-state index in [1.54, 1.807) is 9.80 Å². The Labute approximate surface area is 114 Å². The summed E-state index contributed by atoms with van der Waals surface area (Å²) < 4.78 is 0. The lowest BCUT2D eigenvalue weighted by atomic mass is 10.0. The average molecular weight is 260 g/mol. The van der Waals surface area contributed by atoms with Crippen molar-refractivity contribution in [2.24, 2.45) is 0 Å². The number of rotatable bonds is 2. The summed E-state index contributed by atoms with van der Waals surface area (Å²) in [4.78, 5) is 27.7. The zero-order valence-electron chi connectivity index (χ0n) is 11.6. The average Bonchev–Trinajstić information content (AvgIpc) is 2.47. The van der Waals surface area contributed by atoms with Crippen molar-refractivity contribution < 1.29 is 9.59 Å². The molecule has 2 rings (SSSR count). The molecule has 2 amide bonds. The monoisotopic (exact) mass is 260 g/mol. The fourth-order valence-electron chi connectivity index (χ4n) is 2.51. The van der Waals surface area contributed by atoms with Gasteiger partial charge in [-0.3, -0.25) is 9.59 Å². The number of hydrogen-bond acceptors (Lipinski definition) is 2. The summed E-state index contributed by atoms with van der Waals surface area (Å²) in [7, 11) is 0. The van der Waals surface area contributed by atoms with Crippen LogP contribution < -0.4 is 4.90 Å². The van der Waals surface area contributed by atoms with E-state index in [1.165, 1.54) is 0 Å². The van der Waals surface area contributed by atoms with Crippen molar-refractivity contribution in [2.75, 3.05) is 24.5 Å². The van der Waals surface area contributed by atoms with E-state index in [1.807, 2.05) is 38.1 Å². The number of hydrogen-bond donors (Lipinski definition) is 0. The predicted octanol–water partition coefficient (Wildman–Crippen LogP) is 1.83. The lowest BCUT2D eigenvalue weighted by Gasteiger charge is -2.30. The Morgan fingerprint density at radius 3 is 2.58 bits per heavy atom. The molecule has 0 aliphatic carbocycles. The highest BCUT2D eigenvalue weighted by atomic mass is 16.2. The molecule has 0 bridgehead atoms. The van der Waals surface area contributed by atoms with Crippen molar-refractivity contribution in [2.45, 2.75) is 26.7 Å². The summed E-state index contributed by atoms with van der Waals surface area (Å²) in [5.41, 5.74) is 2.04. The number of nitrogens with zero attached hydrogens (tertiary/aromatic N) is 2. The predicted molar refractivity (Wildman–Crippen MR) is 75.0 cm³/mol. The summed E-state index contributed by atoms with van der Waals surface area (Å²) in [6.07, 6.45) is 1.88. The van der Waals surface area contributed by atoms with Gasteiger partial charge in [0.2, 0.25) is 0 Å². The molecule has 0 spiro atoms. The number of amides is 2. The van der Waals surface area contributed by atoms with E-state index in [4.69, 9.17) is 0 Å². The molecule has 1 heterocycles. The van der Waals surface area contributed by atoms with Gasteiger partial charge in [-0.1, -0.05) is 18.2 Å². The van der Waals surface area contributed by atoms with Gasteiger partial charge < -0.3 is 9.80 Å². The van der Waals surface area contributed by atoms with Crippen LogP contribution in [0.3, 0.4) is 0 Å². The molecule has 19 heavy (non-hydrogen) atoms. The number of benzene rings is 1. The van der Waals surface area contributed by atoms with Gasteiger partial charge in [-0.25, -0.2) is 0 Å². The van der Waals surface area contributed by atoms with Crippen molar-refractivity contribution in [1.29, 1.82) is 0 Å². The quantitative estimate of drug-likeness (QED) is 0.761. The van der Waals surface area contributed by atoms with E-state index in [9.17, 15) is 9.59 Å². The van der Waals surface area contributed by atoms with Gasteiger partial charge in [0.25, 0.3) is 0 Å². The maximum absolute atomic E-state index is 12.4. The molecule has 0 saturated carbocycles. The van der Waals surface area contributed by atoms with Gasteiger partial charge in [-0.2, -0.15) is 0 Å². The minimum atomic E-state index is -0.407. The topological polar surface area (TPSA) is 40.6 Å². The van der Waals surface area contributed by atoms with E-state index in [2.05, 4.69) is 0 Å². The minimum Gasteiger partial charge on any atom is -0.335 e. The van der Waals surface area contributed by atoms with Crippen LogP contribution in [-0.4, -0.2) is 36.3 Å². The summed E-state index contributed by atoms with van der Waals surface area (Å²) in [6, 6.07) is 7.82. The molecule has 0 aromatic heterocycles. The first-order chi connectivity index (χ1) is 9.19. The summed E-state index contributed by atoms with van der Waals surface area (Å²) >= 11 is 0. The summed E-state index contributed by atoms with van der Waals surface area (Å²) in [5.74, 6) is -0.808. The largest absolute Gasteiger partial charge is 0.335 e. The van der Waals surface area contributed by atoms with E-state index >= 15 is 0 Å². The molecular weight excluding hydrogens is 240 g/mol. The van der Waals surface area contributed by atoms with Gasteiger partial charge in [-0.05, 0) is 38.3 Å².